The molecule has 0 radical (unpaired) electrons. The summed E-state index contributed by atoms with van der Waals surface area (Å²) >= 11 is 0. The van der Waals surface area contributed by atoms with Gasteiger partial charge in [-0.1, -0.05) is 0 Å². The van der Waals surface area contributed by atoms with Crippen molar-refractivity contribution in [3.8, 4) is 0 Å². The summed E-state index contributed by atoms with van der Waals surface area (Å²) < 4.78 is 3.75. The lowest BCUT2D eigenvalue weighted by atomic mass is 10.3. The van der Waals surface area contributed by atoms with Crippen LogP contribution >= 0.6 is 0 Å². The summed E-state index contributed by atoms with van der Waals surface area (Å²) in [5.41, 5.74) is 2.25. The Kier molecular flexibility index (Phi) is 2.82. The fourth-order valence-electron chi connectivity index (χ4n) is 1.46. The normalized spacial score (nSPS) is 10.8. The van der Waals surface area contributed by atoms with Crippen molar-refractivity contribution in [3.63, 3.8) is 0 Å². The van der Waals surface area contributed by atoms with E-state index < -0.39 is 0 Å². The van der Waals surface area contributed by atoms with Crippen molar-refractivity contribution < 1.29 is 0 Å². The summed E-state index contributed by atoms with van der Waals surface area (Å²) in [7, 11) is 3.89. The van der Waals surface area contributed by atoms with Gasteiger partial charge in [-0.2, -0.15) is 5.10 Å². The van der Waals surface area contributed by atoms with E-state index in [0.29, 0.717) is 0 Å². The summed E-state index contributed by atoms with van der Waals surface area (Å²) in [4.78, 5) is 4.23. The SMILES string of the molecule is Cn1cnc(CNCc2cnn(C)c2)c1. The van der Waals surface area contributed by atoms with E-state index in [-0.39, 0.29) is 0 Å². The maximum absolute atomic E-state index is 4.23. The number of hydrogen-bond acceptors (Lipinski definition) is 3. The zero-order chi connectivity index (χ0) is 10.7. The average Bonchev–Trinajstić information content (AvgIpc) is 2.76. The molecule has 80 valence electrons. The Hall–Kier alpha value is -1.62. The average molecular weight is 205 g/mol. The molecule has 0 unspecified atom stereocenters. The highest BCUT2D eigenvalue weighted by atomic mass is 15.2. The van der Waals surface area contributed by atoms with Crippen molar-refractivity contribution in [2.75, 3.05) is 0 Å². The topological polar surface area (TPSA) is 47.7 Å². The van der Waals surface area contributed by atoms with Crippen LogP contribution in [0.15, 0.2) is 24.9 Å². The lowest BCUT2D eigenvalue weighted by Crippen LogP contribution is -2.12. The molecule has 2 aromatic rings. The predicted molar refractivity (Wildman–Crippen MR) is 57.0 cm³/mol. The fraction of sp³-hybridized carbons (Fsp3) is 0.400. The molecule has 5 heteroatoms. The van der Waals surface area contributed by atoms with Gasteiger partial charge in [0.1, 0.15) is 0 Å². The first-order valence-corrected chi connectivity index (χ1v) is 4.89. The van der Waals surface area contributed by atoms with Gasteiger partial charge in [-0.15, -0.1) is 0 Å². The molecule has 0 aliphatic carbocycles. The van der Waals surface area contributed by atoms with Gasteiger partial charge in [0.15, 0.2) is 0 Å². The molecule has 1 N–H and O–H groups in total. The Morgan fingerprint density at radius 1 is 1.27 bits per heavy atom. The molecule has 2 aromatic heterocycles. The molecule has 0 saturated carbocycles. The highest BCUT2D eigenvalue weighted by Crippen LogP contribution is 1.97. The number of nitrogens with zero attached hydrogens (tertiary/aromatic N) is 4. The molecule has 0 aliphatic heterocycles. The first-order chi connectivity index (χ1) is 7.24. The quantitative estimate of drug-likeness (QED) is 0.788. The molecule has 5 nitrogen and oxygen atoms in total. The molecule has 0 bridgehead atoms. The van der Waals surface area contributed by atoms with Gasteiger partial charge < -0.3 is 9.88 Å². The Labute approximate surface area is 88.7 Å². The van der Waals surface area contributed by atoms with Crippen LogP contribution in [-0.4, -0.2) is 19.3 Å². The number of aryl methyl sites for hydroxylation is 2. The van der Waals surface area contributed by atoms with Crippen molar-refractivity contribution >= 4 is 0 Å². The van der Waals surface area contributed by atoms with Crippen LogP contribution in [0, 0.1) is 0 Å². The third-order valence-corrected chi connectivity index (χ3v) is 2.15. The molecule has 0 fully saturated rings. The fourth-order valence-corrected chi connectivity index (χ4v) is 1.46. The summed E-state index contributed by atoms with van der Waals surface area (Å²) in [5, 5.41) is 7.42. The van der Waals surface area contributed by atoms with E-state index in [4.69, 9.17) is 0 Å². The van der Waals surface area contributed by atoms with Crippen LogP contribution in [0.5, 0.6) is 0 Å². The molecule has 2 heterocycles. The van der Waals surface area contributed by atoms with E-state index in [1.54, 1.807) is 11.0 Å². The van der Waals surface area contributed by atoms with E-state index in [0.717, 1.165) is 18.8 Å². The van der Waals surface area contributed by atoms with Crippen molar-refractivity contribution in [1.82, 2.24) is 24.6 Å². The van der Waals surface area contributed by atoms with Gasteiger partial charge in [-0.05, 0) is 0 Å². The van der Waals surface area contributed by atoms with Gasteiger partial charge in [0.05, 0.1) is 18.2 Å². The van der Waals surface area contributed by atoms with Gasteiger partial charge in [-0.3, -0.25) is 4.68 Å². The smallest absolute Gasteiger partial charge is 0.0947 e. The van der Waals surface area contributed by atoms with Gasteiger partial charge >= 0.3 is 0 Å². The van der Waals surface area contributed by atoms with Gasteiger partial charge in [-0.25, -0.2) is 4.98 Å². The molecule has 0 atom stereocenters. The van der Waals surface area contributed by atoms with Crippen molar-refractivity contribution in [2.24, 2.45) is 14.1 Å². The minimum atomic E-state index is 0.787. The van der Waals surface area contributed by atoms with Crippen LogP contribution in [0.4, 0.5) is 0 Å². The highest BCUT2D eigenvalue weighted by molar-refractivity contribution is 5.03. The van der Waals surface area contributed by atoms with Gasteiger partial charge in [0.2, 0.25) is 0 Å². The zero-order valence-corrected chi connectivity index (χ0v) is 9.01. The van der Waals surface area contributed by atoms with Crippen LogP contribution in [0.3, 0.4) is 0 Å². The number of nitrogens with one attached hydrogen (secondary N) is 1. The summed E-state index contributed by atoms with van der Waals surface area (Å²) in [6.07, 6.45) is 7.69. The second-order valence-electron chi connectivity index (χ2n) is 3.66. The van der Waals surface area contributed by atoms with E-state index in [2.05, 4.69) is 15.4 Å². The Balaban J connectivity index is 1.80. The van der Waals surface area contributed by atoms with E-state index in [1.165, 1.54) is 5.56 Å². The monoisotopic (exact) mass is 205 g/mol. The van der Waals surface area contributed by atoms with Crippen LogP contribution < -0.4 is 5.32 Å². The third kappa shape index (κ3) is 2.66. The van der Waals surface area contributed by atoms with Crippen LogP contribution in [0.1, 0.15) is 11.3 Å². The number of hydrogen-bond donors (Lipinski definition) is 1. The molecule has 0 saturated heterocycles. The largest absolute Gasteiger partial charge is 0.340 e. The van der Waals surface area contributed by atoms with E-state index in [9.17, 15) is 0 Å². The predicted octanol–water partition coefficient (Wildman–Crippen LogP) is 0.443. The molecule has 2 rings (SSSR count). The maximum atomic E-state index is 4.23. The lowest BCUT2D eigenvalue weighted by Gasteiger charge is -1.99. The third-order valence-electron chi connectivity index (χ3n) is 2.15. The van der Waals surface area contributed by atoms with Gasteiger partial charge in [0.25, 0.3) is 0 Å². The number of aromatic nitrogens is 4. The second kappa shape index (κ2) is 4.27. The number of rotatable bonds is 4. The molecule has 0 amide bonds. The van der Waals surface area contributed by atoms with Crippen molar-refractivity contribution in [2.45, 2.75) is 13.1 Å². The Morgan fingerprint density at radius 2 is 2.13 bits per heavy atom. The molecule has 15 heavy (non-hydrogen) atoms. The zero-order valence-electron chi connectivity index (χ0n) is 9.01. The highest BCUT2D eigenvalue weighted by Gasteiger charge is 1.98. The lowest BCUT2D eigenvalue weighted by molar-refractivity contribution is 0.680. The molecule has 0 aromatic carbocycles. The van der Waals surface area contributed by atoms with Crippen molar-refractivity contribution in [3.05, 3.63) is 36.2 Å². The molecule has 0 spiro atoms. The Bertz CT molecular complexity index is 388. The maximum Gasteiger partial charge on any atom is 0.0947 e. The first-order valence-electron chi connectivity index (χ1n) is 4.89. The molecular formula is C10H15N5. The molecule has 0 aliphatic rings. The first kappa shape index (κ1) is 9.92. The summed E-state index contributed by atoms with van der Waals surface area (Å²) in [6, 6.07) is 0. The van der Waals surface area contributed by atoms with E-state index >= 15 is 0 Å². The summed E-state index contributed by atoms with van der Waals surface area (Å²) in [5.74, 6) is 0. The standard InChI is InChI=1S/C10H15N5/c1-14-7-10(12-8-14)5-11-3-9-4-13-15(2)6-9/h4,6-8,11H,3,5H2,1-2H3. The minimum absolute atomic E-state index is 0.787. The van der Waals surface area contributed by atoms with E-state index in [1.807, 2.05) is 37.3 Å². The van der Waals surface area contributed by atoms with Gasteiger partial charge in [0, 0.05) is 45.1 Å². The van der Waals surface area contributed by atoms with Crippen molar-refractivity contribution in [1.29, 1.82) is 0 Å². The summed E-state index contributed by atoms with van der Waals surface area (Å²) in [6.45, 7) is 1.61. The Morgan fingerprint density at radius 3 is 2.73 bits per heavy atom. The minimum Gasteiger partial charge on any atom is -0.340 e. The number of imidazole rings is 1. The van der Waals surface area contributed by atoms with Crippen LogP contribution in [-0.2, 0) is 27.2 Å². The van der Waals surface area contributed by atoms with Crippen LogP contribution in [0.2, 0.25) is 0 Å². The second-order valence-corrected chi connectivity index (χ2v) is 3.66. The molecular weight excluding hydrogens is 190 g/mol. The van der Waals surface area contributed by atoms with Crippen LogP contribution in [0.25, 0.3) is 0 Å².